The van der Waals surface area contributed by atoms with Crippen LogP contribution in [0.1, 0.15) is 40.9 Å². The van der Waals surface area contributed by atoms with Gasteiger partial charge in [-0.05, 0) is 62.7 Å². The highest BCUT2D eigenvalue weighted by Crippen LogP contribution is 2.25. The van der Waals surface area contributed by atoms with Crippen LogP contribution in [-0.2, 0) is 12.8 Å². The minimum Gasteiger partial charge on any atom is -0.369 e. The van der Waals surface area contributed by atoms with Crippen LogP contribution in [0.5, 0.6) is 0 Å². The lowest BCUT2D eigenvalue weighted by molar-refractivity contribution is 0.100. The number of carbonyl (C=O) groups excluding carboxylic acids is 1. The molecule has 0 saturated carbocycles. The molecule has 20 heavy (non-hydrogen) atoms. The first-order chi connectivity index (χ1) is 9.74. The molecular weight excluding hydrogens is 252 g/mol. The molecule has 1 aromatic rings. The first-order valence-electron chi connectivity index (χ1n) is 7.51. The minimum absolute atomic E-state index is 0.391. The molecule has 0 spiro atoms. The lowest BCUT2D eigenvalue weighted by Crippen LogP contribution is -2.22. The van der Waals surface area contributed by atoms with E-state index < -0.39 is 5.91 Å². The Bertz CT molecular complexity index is 509. The number of nitrogens with one attached hydrogen (secondary N) is 2. The minimum atomic E-state index is -0.391. The van der Waals surface area contributed by atoms with Gasteiger partial charge in [0, 0.05) is 12.2 Å². The van der Waals surface area contributed by atoms with Crippen LogP contribution in [0.2, 0.25) is 0 Å². The van der Waals surface area contributed by atoms with E-state index >= 15 is 0 Å². The summed E-state index contributed by atoms with van der Waals surface area (Å²) in [6.07, 6.45) is 5.54. The zero-order valence-electron chi connectivity index (χ0n) is 11.7. The number of amides is 1. The SMILES string of the molecule is NC(=O)c1cc2c(nc1NCC1CCNC1)CCCC2. The first-order valence-corrected chi connectivity index (χ1v) is 7.51. The molecule has 2 heterocycles. The number of hydrogen-bond acceptors (Lipinski definition) is 4. The number of aryl methyl sites for hydroxylation is 2. The normalized spacial score (nSPS) is 21.5. The smallest absolute Gasteiger partial charge is 0.252 e. The molecule has 1 aliphatic heterocycles. The fourth-order valence-electron chi connectivity index (χ4n) is 3.09. The highest BCUT2D eigenvalue weighted by atomic mass is 16.1. The van der Waals surface area contributed by atoms with Gasteiger partial charge in [-0.25, -0.2) is 4.98 Å². The molecule has 1 atom stereocenters. The molecule has 108 valence electrons. The highest BCUT2D eigenvalue weighted by Gasteiger charge is 2.19. The fraction of sp³-hybridized carbons (Fsp3) is 0.600. The van der Waals surface area contributed by atoms with Gasteiger partial charge in [-0.1, -0.05) is 0 Å². The Morgan fingerprint density at radius 2 is 2.30 bits per heavy atom. The second kappa shape index (κ2) is 5.79. The summed E-state index contributed by atoms with van der Waals surface area (Å²) < 4.78 is 0. The van der Waals surface area contributed by atoms with Crippen molar-refractivity contribution in [1.29, 1.82) is 0 Å². The van der Waals surface area contributed by atoms with Gasteiger partial charge in [0.25, 0.3) is 5.91 Å². The predicted octanol–water partition coefficient (Wildman–Crippen LogP) is 1.08. The predicted molar refractivity (Wildman–Crippen MR) is 78.9 cm³/mol. The molecule has 1 amide bonds. The van der Waals surface area contributed by atoms with Gasteiger partial charge in [0.05, 0.1) is 5.56 Å². The Balaban J connectivity index is 1.81. The fourth-order valence-corrected chi connectivity index (χ4v) is 3.09. The summed E-state index contributed by atoms with van der Waals surface area (Å²) in [6, 6.07) is 1.94. The number of nitrogens with zero attached hydrogens (tertiary/aromatic N) is 1. The van der Waals surface area contributed by atoms with Crippen molar-refractivity contribution < 1.29 is 4.79 Å². The molecule has 5 heteroatoms. The largest absolute Gasteiger partial charge is 0.369 e. The number of fused-ring (bicyclic) bond motifs is 1. The topological polar surface area (TPSA) is 80.0 Å². The molecule has 0 bridgehead atoms. The van der Waals surface area contributed by atoms with Gasteiger partial charge in [-0.15, -0.1) is 0 Å². The maximum atomic E-state index is 11.6. The van der Waals surface area contributed by atoms with Crippen LogP contribution in [0.15, 0.2) is 6.07 Å². The van der Waals surface area contributed by atoms with E-state index in [4.69, 9.17) is 5.73 Å². The molecule has 1 aromatic heterocycles. The summed E-state index contributed by atoms with van der Waals surface area (Å²) in [4.78, 5) is 16.3. The molecule has 2 aliphatic rings. The van der Waals surface area contributed by atoms with E-state index in [2.05, 4.69) is 15.6 Å². The van der Waals surface area contributed by atoms with Crippen molar-refractivity contribution in [2.75, 3.05) is 25.0 Å². The molecule has 1 unspecified atom stereocenters. The molecule has 1 saturated heterocycles. The van der Waals surface area contributed by atoms with E-state index in [9.17, 15) is 4.79 Å². The third kappa shape index (κ3) is 2.77. The third-order valence-electron chi connectivity index (χ3n) is 4.29. The summed E-state index contributed by atoms with van der Waals surface area (Å²) in [5, 5.41) is 6.68. The summed E-state index contributed by atoms with van der Waals surface area (Å²) in [7, 11) is 0. The Labute approximate surface area is 119 Å². The van der Waals surface area contributed by atoms with Crippen LogP contribution < -0.4 is 16.4 Å². The molecule has 1 aliphatic carbocycles. The van der Waals surface area contributed by atoms with Gasteiger partial charge < -0.3 is 16.4 Å². The number of anilines is 1. The van der Waals surface area contributed by atoms with Crippen LogP contribution in [0.4, 0.5) is 5.82 Å². The number of carbonyl (C=O) groups is 1. The van der Waals surface area contributed by atoms with Crippen LogP contribution in [0.3, 0.4) is 0 Å². The van der Waals surface area contributed by atoms with Crippen molar-refractivity contribution in [2.24, 2.45) is 11.7 Å². The van der Waals surface area contributed by atoms with E-state index in [0.29, 0.717) is 17.3 Å². The number of aromatic nitrogens is 1. The first kappa shape index (κ1) is 13.4. The van der Waals surface area contributed by atoms with Gasteiger partial charge in [0.2, 0.25) is 0 Å². The number of pyridine rings is 1. The number of nitrogens with two attached hydrogens (primary N) is 1. The maximum absolute atomic E-state index is 11.6. The van der Waals surface area contributed by atoms with Crippen molar-refractivity contribution in [1.82, 2.24) is 10.3 Å². The van der Waals surface area contributed by atoms with E-state index in [1.54, 1.807) is 0 Å². The standard InChI is InChI=1S/C15H22N4O/c16-14(20)12-7-11-3-1-2-4-13(11)19-15(12)18-9-10-5-6-17-8-10/h7,10,17H,1-6,8-9H2,(H2,16,20)(H,18,19). The van der Waals surface area contributed by atoms with E-state index in [1.807, 2.05) is 6.07 Å². The van der Waals surface area contributed by atoms with Crippen LogP contribution >= 0.6 is 0 Å². The van der Waals surface area contributed by atoms with Crippen LogP contribution in [0, 0.1) is 5.92 Å². The average molecular weight is 274 g/mol. The number of hydrogen-bond donors (Lipinski definition) is 3. The zero-order valence-corrected chi connectivity index (χ0v) is 11.7. The van der Waals surface area contributed by atoms with Crippen molar-refractivity contribution in [2.45, 2.75) is 32.1 Å². The second-order valence-electron chi connectivity index (χ2n) is 5.80. The summed E-state index contributed by atoms with van der Waals surface area (Å²) in [5.41, 5.74) is 8.36. The Kier molecular flexibility index (Phi) is 3.87. The summed E-state index contributed by atoms with van der Waals surface area (Å²) in [6.45, 7) is 2.95. The Morgan fingerprint density at radius 1 is 1.45 bits per heavy atom. The van der Waals surface area contributed by atoms with Gasteiger partial charge in [0.1, 0.15) is 5.82 Å². The molecule has 0 radical (unpaired) electrons. The number of primary amides is 1. The van der Waals surface area contributed by atoms with Gasteiger partial charge >= 0.3 is 0 Å². The van der Waals surface area contributed by atoms with E-state index in [-0.39, 0.29) is 0 Å². The van der Waals surface area contributed by atoms with Crippen molar-refractivity contribution >= 4 is 11.7 Å². The Morgan fingerprint density at radius 3 is 3.05 bits per heavy atom. The Hall–Kier alpha value is -1.62. The zero-order chi connectivity index (χ0) is 13.9. The third-order valence-corrected chi connectivity index (χ3v) is 4.29. The monoisotopic (exact) mass is 274 g/mol. The van der Waals surface area contributed by atoms with Crippen LogP contribution in [-0.4, -0.2) is 30.5 Å². The molecule has 5 nitrogen and oxygen atoms in total. The van der Waals surface area contributed by atoms with Crippen LogP contribution in [0.25, 0.3) is 0 Å². The molecule has 3 rings (SSSR count). The molecular formula is C15H22N4O. The summed E-state index contributed by atoms with van der Waals surface area (Å²) in [5.74, 6) is 0.886. The highest BCUT2D eigenvalue weighted by molar-refractivity contribution is 5.97. The van der Waals surface area contributed by atoms with Gasteiger partial charge in [-0.3, -0.25) is 4.79 Å². The van der Waals surface area contributed by atoms with E-state index in [0.717, 1.165) is 38.2 Å². The average Bonchev–Trinajstić information content (AvgIpc) is 2.97. The van der Waals surface area contributed by atoms with Gasteiger partial charge in [-0.2, -0.15) is 0 Å². The van der Waals surface area contributed by atoms with Gasteiger partial charge in [0.15, 0.2) is 0 Å². The van der Waals surface area contributed by atoms with Crippen molar-refractivity contribution in [3.8, 4) is 0 Å². The molecule has 0 aromatic carbocycles. The molecule has 1 fully saturated rings. The maximum Gasteiger partial charge on any atom is 0.252 e. The van der Waals surface area contributed by atoms with Crippen molar-refractivity contribution in [3.05, 3.63) is 22.9 Å². The van der Waals surface area contributed by atoms with Crippen molar-refractivity contribution in [3.63, 3.8) is 0 Å². The van der Waals surface area contributed by atoms with E-state index in [1.165, 1.54) is 24.8 Å². The summed E-state index contributed by atoms with van der Waals surface area (Å²) >= 11 is 0. The lowest BCUT2D eigenvalue weighted by Gasteiger charge is -2.19. The quantitative estimate of drug-likeness (QED) is 0.767. The second-order valence-corrected chi connectivity index (χ2v) is 5.80. The number of rotatable bonds is 4. The molecule has 4 N–H and O–H groups in total. The lowest BCUT2D eigenvalue weighted by atomic mass is 9.94.